The fourth-order valence-corrected chi connectivity index (χ4v) is 3.14. The van der Waals surface area contributed by atoms with Gasteiger partial charge in [0.2, 0.25) is 11.1 Å². The van der Waals surface area contributed by atoms with E-state index in [9.17, 15) is 0 Å². The van der Waals surface area contributed by atoms with Crippen molar-refractivity contribution in [3.8, 4) is 17.4 Å². The number of rotatable bonds is 10. The van der Waals surface area contributed by atoms with Gasteiger partial charge in [0.1, 0.15) is 17.8 Å². The highest BCUT2D eigenvalue weighted by molar-refractivity contribution is 7.09. The minimum absolute atomic E-state index is 0.338. The average molecular weight is 388 g/mol. The summed E-state index contributed by atoms with van der Waals surface area (Å²) in [6.07, 6.45) is 6.17. The number of imidazole rings is 1. The number of aromatic nitrogens is 4. The molecule has 3 aromatic rings. The van der Waals surface area contributed by atoms with Gasteiger partial charge in [-0.3, -0.25) is 4.57 Å². The quantitative estimate of drug-likeness (QED) is 0.552. The zero-order chi connectivity index (χ0) is 19.1. The topological polar surface area (TPSA) is 86.1 Å². The van der Waals surface area contributed by atoms with Gasteiger partial charge in [0, 0.05) is 54.7 Å². The second-order valence-electron chi connectivity index (χ2n) is 6.04. The Hall–Kier alpha value is -2.65. The van der Waals surface area contributed by atoms with E-state index in [-0.39, 0.29) is 0 Å². The molecule has 1 aromatic carbocycles. The maximum absolute atomic E-state index is 5.44. The summed E-state index contributed by atoms with van der Waals surface area (Å²) < 4.78 is 16.8. The van der Waals surface area contributed by atoms with Crippen LogP contribution in [0.15, 0.2) is 36.9 Å². The minimum atomic E-state index is 0.338. The molecule has 2 N–H and O–H groups in total. The third kappa shape index (κ3) is 5.18. The van der Waals surface area contributed by atoms with Crippen molar-refractivity contribution < 1.29 is 9.47 Å². The van der Waals surface area contributed by atoms with E-state index in [0.29, 0.717) is 12.0 Å². The molecule has 0 aliphatic rings. The van der Waals surface area contributed by atoms with Crippen molar-refractivity contribution in [3.05, 3.63) is 42.5 Å². The molecule has 0 amide bonds. The molecule has 144 valence electrons. The highest BCUT2D eigenvalue weighted by atomic mass is 32.1. The Balaban J connectivity index is 1.43. The molecule has 0 saturated heterocycles. The Morgan fingerprint density at radius 1 is 1.26 bits per heavy atom. The third-order valence-electron chi connectivity index (χ3n) is 4.14. The van der Waals surface area contributed by atoms with Crippen molar-refractivity contribution in [1.29, 1.82) is 0 Å². The first-order valence-corrected chi connectivity index (χ1v) is 9.47. The Kier molecular flexibility index (Phi) is 6.61. The van der Waals surface area contributed by atoms with Gasteiger partial charge in [-0.25, -0.2) is 4.98 Å². The first-order valence-electron chi connectivity index (χ1n) is 8.69. The number of anilines is 1. The molecule has 0 saturated carbocycles. The van der Waals surface area contributed by atoms with E-state index in [1.807, 2.05) is 24.4 Å². The van der Waals surface area contributed by atoms with Gasteiger partial charge in [0.05, 0.1) is 14.2 Å². The molecule has 2 heterocycles. The molecular formula is C18H24N6O2S. The van der Waals surface area contributed by atoms with E-state index in [2.05, 4.69) is 31.9 Å². The van der Waals surface area contributed by atoms with E-state index in [4.69, 9.17) is 9.47 Å². The molecule has 2 aromatic heterocycles. The van der Waals surface area contributed by atoms with Crippen LogP contribution in [-0.4, -0.2) is 45.7 Å². The van der Waals surface area contributed by atoms with Gasteiger partial charge in [-0.05, 0) is 19.4 Å². The molecule has 0 aliphatic heterocycles. The van der Waals surface area contributed by atoms with Crippen LogP contribution in [0.2, 0.25) is 0 Å². The number of methoxy groups -OCH3 is 2. The molecule has 1 unspecified atom stereocenters. The Labute approximate surface area is 162 Å². The van der Waals surface area contributed by atoms with Crippen LogP contribution in [0.25, 0.3) is 5.95 Å². The lowest BCUT2D eigenvalue weighted by molar-refractivity contribution is 0.388. The second-order valence-corrected chi connectivity index (χ2v) is 6.80. The summed E-state index contributed by atoms with van der Waals surface area (Å²) >= 11 is 1.35. The van der Waals surface area contributed by atoms with Crippen LogP contribution >= 0.6 is 11.5 Å². The summed E-state index contributed by atoms with van der Waals surface area (Å²) in [5, 5.41) is 7.65. The highest BCUT2D eigenvalue weighted by Gasteiger charge is 2.09. The maximum Gasteiger partial charge on any atom is 0.248 e. The number of nitrogens with zero attached hydrogens (tertiary/aromatic N) is 4. The van der Waals surface area contributed by atoms with Gasteiger partial charge >= 0.3 is 0 Å². The molecule has 8 nitrogen and oxygen atoms in total. The molecule has 0 aliphatic carbocycles. The number of hydrogen-bond donors (Lipinski definition) is 2. The first-order chi connectivity index (χ1) is 13.2. The largest absolute Gasteiger partial charge is 0.497 e. The lowest BCUT2D eigenvalue weighted by atomic mass is 10.1. The zero-order valence-electron chi connectivity index (χ0n) is 15.7. The zero-order valence-corrected chi connectivity index (χ0v) is 16.5. The summed E-state index contributed by atoms with van der Waals surface area (Å²) in [5.74, 6) is 2.26. The van der Waals surface area contributed by atoms with Crippen LogP contribution in [0, 0.1) is 0 Å². The van der Waals surface area contributed by atoms with Crippen LogP contribution in [0.1, 0.15) is 18.9 Å². The number of ether oxygens (including phenoxy) is 2. The van der Waals surface area contributed by atoms with Gasteiger partial charge in [0.25, 0.3) is 0 Å². The van der Waals surface area contributed by atoms with E-state index in [1.165, 1.54) is 11.5 Å². The van der Waals surface area contributed by atoms with Gasteiger partial charge in [-0.1, -0.05) is 6.07 Å². The monoisotopic (exact) mass is 388 g/mol. The molecule has 27 heavy (non-hydrogen) atoms. The number of benzene rings is 1. The van der Waals surface area contributed by atoms with Crippen LogP contribution in [-0.2, 0) is 6.54 Å². The summed E-state index contributed by atoms with van der Waals surface area (Å²) in [7, 11) is 3.32. The van der Waals surface area contributed by atoms with Crippen molar-refractivity contribution in [2.24, 2.45) is 0 Å². The van der Waals surface area contributed by atoms with Crippen LogP contribution < -0.4 is 20.1 Å². The van der Waals surface area contributed by atoms with Crippen LogP contribution in [0.4, 0.5) is 5.13 Å². The molecule has 9 heteroatoms. The average Bonchev–Trinajstić information content (AvgIpc) is 3.38. The van der Waals surface area contributed by atoms with Gasteiger partial charge in [-0.15, -0.1) is 0 Å². The van der Waals surface area contributed by atoms with E-state index in [0.717, 1.165) is 41.7 Å². The molecule has 1 atom stereocenters. The molecule has 0 spiro atoms. The van der Waals surface area contributed by atoms with E-state index in [1.54, 1.807) is 31.3 Å². The van der Waals surface area contributed by atoms with E-state index < -0.39 is 0 Å². The van der Waals surface area contributed by atoms with Crippen LogP contribution in [0.5, 0.6) is 11.5 Å². The number of nitrogens with one attached hydrogen (secondary N) is 2. The normalized spacial score (nSPS) is 12.0. The fraction of sp³-hybridized carbons (Fsp3) is 0.389. The Morgan fingerprint density at radius 3 is 2.89 bits per heavy atom. The smallest absolute Gasteiger partial charge is 0.248 e. The van der Waals surface area contributed by atoms with Crippen molar-refractivity contribution in [1.82, 2.24) is 24.2 Å². The number of hydrogen-bond acceptors (Lipinski definition) is 8. The minimum Gasteiger partial charge on any atom is -0.497 e. The lowest BCUT2D eigenvalue weighted by Crippen LogP contribution is -2.27. The van der Waals surface area contributed by atoms with Crippen molar-refractivity contribution in [2.45, 2.75) is 25.9 Å². The summed E-state index contributed by atoms with van der Waals surface area (Å²) in [5.41, 5.74) is 1.10. The lowest BCUT2D eigenvalue weighted by Gasteiger charge is -2.16. The predicted molar refractivity (Wildman–Crippen MR) is 106 cm³/mol. The molecule has 0 bridgehead atoms. The Bertz CT molecular complexity index is 836. The molecule has 0 radical (unpaired) electrons. The SMILES string of the molecule is COc1ccc(CNC(C)CCNc2nc(-n3ccnc3)ns2)c(OC)c1. The summed E-state index contributed by atoms with van der Waals surface area (Å²) in [6.45, 7) is 3.71. The molecule has 0 fully saturated rings. The van der Waals surface area contributed by atoms with Crippen molar-refractivity contribution >= 4 is 16.7 Å². The molecular weight excluding hydrogens is 364 g/mol. The van der Waals surface area contributed by atoms with Gasteiger partial charge in [-0.2, -0.15) is 9.36 Å². The first kappa shape index (κ1) is 19.1. The third-order valence-corrected chi connectivity index (χ3v) is 4.80. The summed E-state index contributed by atoms with van der Waals surface area (Å²) in [6, 6.07) is 6.20. The van der Waals surface area contributed by atoms with Crippen molar-refractivity contribution in [2.75, 3.05) is 26.1 Å². The standard InChI is InChI=1S/C18H24N6O2S/c1-13(21-11-14-4-5-15(25-2)10-16(14)26-3)6-7-20-18-22-17(23-27-18)24-9-8-19-12-24/h4-5,8-10,12-13,21H,6-7,11H2,1-3H3,(H,20,22,23). The van der Waals surface area contributed by atoms with Gasteiger partial charge in [0.15, 0.2) is 0 Å². The molecule has 3 rings (SSSR count). The van der Waals surface area contributed by atoms with Crippen LogP contribution in [0.3, 0.4) is 0 Å². The summed E-state index contributed by atoms with van der Waals surface area (Å²) in [4.78, 5) is 8.46. The fourth-order valence-electron chi connectivity index (χ4n) is 2.55. The second kappa shape index (κ2) is 9.33. The Morgan fingerprint density at radius 2 is 2.15 bits per heavy atom. The van der Waals surface area contributed by atoms with Crippen molar-refractivity contribution in [3.63, 3.8) is 0 Å². The van der Waals surface area contributed by atoms with Gasteiger partial charge < -0.3 is 20.1 Å². The highest BCUT2D eigenvalue weighted by Crippen LogP contribution is 2.24. The maximum atomic E-state index is 5.44. The predicted octanol–water partition coefficient (Wildman–Crippen LogP) is 2.72. The van der Waals surface area contributed by atoms with E-state index >= 15 is 0 Å².